The molecule has 7 nitrogen and oxygen atoms in total. The molecular weight excluding hydrogens is 304 g/mol. The lowest BCUT2D eigenvalue weighted by Gasteiger charge is -2.39. The Morgan fingerprint density at radius 2 is 1.83 bits per heavy atom. The van der Waals surface area contributed by atoms with E-state index in [1.54, 1.807) is 0 Å². The standard InChI is InChI=1S/C16H24O7/c1-10(17)21-11-8-15(19,14(18)20-2)9-12-13(11)23-16(22-12)6-4-3-5-7-16/h11-13,19H,3-9H2,1-2H3/t11-,12-,13+,15-/m1/s1. The molecule has 3 fully saturated rings. The monoisotopic (exact) mass is 328 g/mol. The van der Waals surface area contributed by atoms with E-state index in [1.807, 2.05) is 0 Å². The molecule has 3 rings (SSSR count). The van der Waals surface area contributed by atoms with Gasteiger partial charge in [-0.05, 0) is 12.8 Å². The smallest absolute Gasteiger partial charge is 0.338 e. The van der Waals surface area contributed by atoms with Gasteiger partial charge >= 0.3 is 11.9 Å². The van der Waals surface area contributed by atoms with Crippen LogP contribution >= 0.6 is 0 Å². The molecule has 2 aliphatic carbocycles. The number of carbonyl (C=O) groups is 2. The Balaban J connectivity index is 1.83. The van der Waals surface area contributed by atoms with Crippen LogP contribution in [0.2, 0.25) is 0 Å². The fraction of sp³-hybridized carbons (Fsp3) is 0.875. The van der Waals surface area contributed by atoms with Crippen LogP contribution < -0.4 is 0 Å². The summed E-state index contributed by atoms with van der Waals surface area (Å²) in [7, 11) is 1.22. The molecule has 0 bridgehead atoms. The van der Waals surface area contributed by atoms with E-state index in [-0.39, 0.29) is 12.8 Å². The van der Waals surface area contributed by atoms with Crippen LogP contribution in [0.15, 0.2) is 0 Å². The molecule has 7 heteroatoms. The Labute approximate surface area is 135 Å². The summed E-state index contributed by atoms with van der Waals surface area (Å²) in [4.78, 5) is 23.4. The zero-order valence-corrected chi connectivity index (χ0v) is 13.6. The Morgan fingerprint density at radius 1 is 1.13 bits per heavy atom. The first-order valence-corrected chi connectivity index (χ1v) is 8.21. The largest absolute Gasteiger partial charge is 0.467 e. The zero-order valence-electron chi connectivity index (χ0n) is 13.6. The van der Waals surface area contributed by atoms with E-state index in [1.165, 1.54) is 14.0 Å². The highest BCUT2D eigenvalue weighted by Gasteiger charge is 2.59. The number of aliphatic hydroxyl groups is 1. The normalized spacial score (nSPS) is 38.8. The minimum absolute atomic E-state index is 0.0418. The zero-order chi connectivity index (χ0) is 16.7. The molecule has 0 radical (unpaired) electrons. The van der Waals surface area contributed by atoms with Crippen LogP contribution in [0.4, 0.5) is 0 Å². The average molecular weight is 328 g/mol. The van der Waals surface area contributed by atoms with Crippen LogP contribution in [0.3, 0.4) is 0 Å². The highest BCUT2D eigenvalue weighted by Crippen LogP contribution is 2.47. The number of hydrogen-bond donors (Lipinski definition) is 1. The van der Waals surface area contributed by atoms with Crippen LogP contribution in [0.5, 0.6) is 0 Å². The Hall–Kier alpha value is -1.18. The van der Waals surface area contributed by atoms with E-state index in [0.717, 1.165) is 32.1 Å². The number of ether oxygens (including phenoxy) is 4. The van der Waals surface area contributed by atoms with Crippen molar-refractivity contribution in [1.29, 1.82) is 0 Å². The maximum absolute atomic E-state index is 12.0. The maximum atomic E-state index is 12.0. The van der Waals surface area contributed by atoms with Crippen molar-refractivity contribution in [1.82, 2.24) is 0 Å². The van der Waals surface area contributed by atoms with Gasteiger partial charge in [-0.2, -0.15) is 0 Å². The second-order valence-electron chi connectivity index (χ2n) is 6.79. The molecule has 1 N–H and O–H groups in total. The van der Waals surface area contributed by atoms with Gasteiger partial charge in [-0.15, -0.1) is 0 Å². The van der Waals surface area contributed by atoms with Crippen LogP contribution in [0, 0.1) is 0 Å². The van der Waals surface area contributed by atoms with Crippen molar-refractivity contribution in [2.24, 2.45) is 0 Å². The van der Waals surface area contributed by atoms with Gasteiger partial charge in [0.2, 0.25) is 0 Å². The number of carbonyl (C=O) groups excluding carboxylic acids is 2. The van der Waals surface area contributed by atoms with E-state index < -0.39 is 41.6 Å². The highest BCUT2D eigenvalue weighted by atomic mass is 16.8. The van der Waals surface area contributed by atoms with Gasteiger partial charge in [0.1, 0.15) is 12.2 Å². The molecule has 0 aromatic carbocycles. The summed E-state index contributed by atoms with van der Waals surface area (Å²) in [5.41, 5.74) is -1.72. The fourth-order valence-electron chi connectivity index (χ4n) is 4.04. The lowest BCUT2D eigenvalue weighted by atomic mass is 9.79. The number of esters is 2. The van der Waals surface area contributed by atoms with Crippen molar-refractivity contribution in [3.05, 3.63) is 0 Å². The molecular formula is C16H24O7. The number of fused-ring (bicyclic) bond motifs is 1. The maximum Gasteiger partial charge on any atom is 0.338 e. The third-order valence-electron chi connectivity index (χ3n) is 5.03. The van der Waals surface area contributed by atoms with Gasteiger partial charge in [0, 0.05) is 32.6 Å². The van der Waals surface area contributed by atoms with Crippen LogP contribution in [0.25, 0.3) is 0 Å². The molecule has 2 saturated carbocycles. The van der Waals surface area contributed by atoms with E-state index in [0.29, 0.717) is 0 Å². The SMILES string of the molecule is COC(=O)[C@@]1(O)C[C@@H](OC(C)=O)[C@@H]2OC3(CCCCC3)O[C@@H]2C1. The molecule has 0 aromatic rings. The van der Waals surface area contributed by atoms with E-state index >= 15 is 0 Å². The summed E-state index contributed by atoms with van der Waals surface area (Å²) < 4.78 is 22.3. The van der Waals surface area contributed by atoms with Gasteiger partial charge in [0.05, 0.1) is 13.2 Å². The molecule has 0 unspecified atom stereocenters. The topological polar surface area (TPSA) is 91.3 Å². The van der Waals surface area contributed by atoms with E-state index in [4.69, 9.17) is 18.9 Å². The third-order valence-corrected chi connectivity index (χ3v) is 5.03. The van der Waals surface area contributed by atoms with Gasteiger partial charge in [-0.1, -0.05) is 6.42 Å². The summed E-state index contributed by atoms with van der Waals surface area (Å²) in [5, 5.41) is 10.7. The number of methoxy groups -OCH3 is 1. The van der Waals surface area contributed by atoms with Crippen molar-refractivity contribution >= 4 is 11.9 Å². The van der Waals surface area contributed by atoms with Gasteiger partial charge in [0.15, 0.2) is 11.4 Å². The van der Waals surface area contributed by atoms with Crippen molar-refractivity contribution in [2.45, 2.75) is 81.6 Å². The first-order chi connectivity index (χ1) is 10.9. The Kier molecular flexibility index (Phi) is 4.37. The minimum atomic E-state index is -1.72. The molecule has 23 heavy (non-hydrogen) atoms. The van der Waals surface area contributed by atoms with Gasteiger partial charge in [-0.3, -0.25) is 4.79 Å². The van der Waals surface area contributed by atoms with E-state index in [2.05, 4.69) is 0 Å². The Morgan fingerprint density at radius 3 is 2.43 bits per heavy atom. The predicted octanol–water partition coefficient (Wildman–Crippen LogP) is 1.06. The summed E-state index contributed by atoms with van der Waals surface area (Å²) in [6, 6.07) is 0. The highest BCUT2D eigenvalue weighted by molar-refractivity contribution is 5.79. The lowest BCUT2D eigenvalue weighted by Crippen LogP contribution is -2.56. The van der Waals surface area contributed by atoms with Crippen LogP contribution in [-0.2, 0) is 28.5 Å². The molecule has 1 spiro atoms. The summed E-state index contributed by atoms with van der Waals surface area (Å²) in [6.07, 6.45) is 3.10. The Bertz CT molecular complexity index is 485. The first kappa shape index (κ1) is 16.7. The van der Waals surface area contributed by atoms with Crippen LogP contribution in [0.1, 0.15) is 51.9 Å². The van der Waals surface area contributed by atoms with Crippen LogP contribution in [-0.4, -0.2) is 53.9 Å². The average Bonchev–Trinajstić information content (AvgIpc) is 2.84. The van der Waals surface area contributed by atoms with E-state index in [9.17, 15) is 14.7 Å². The molecule has 4 atom stereocenters. The quantitative estimate of drug-likeness (QED) is 0.758. The summed E-state index contributed by atoms with van der Waals surface area (Å²) in [6.45, 7) is 1.30. The molecule has 0 amide bonds. The molecule has 1 saturated heterocycles. The lowest BCUT2D eigenvalue weighted by molar-refractivity contribution is -0.202. The van der Waals surface area contributed by atoms with Gasteiger partial charge < -0.3 is 24.1 Å². The minimum Gasteiger partial charge on any atom is -0.467 e. The molecule has 1 aliphatic heterocycles. The second kappa shape index (κ2) is 6.03. The molecule has 1 heterocycles. The van der Waals surface area contributed by atoms with Crippen molar-refractivity contribution in [3.63, 3.8) is 0 Å². The molecule has 3 aliphatic rings. The number of rotatable bonds is 2. The predicted molar refractivity (Wildman–Crippen MR) is 77.3 cm³/mol. The molecule has 0 aromatic heterocycles. The van der Waals surface area contributed by atoms with Crippen molar-refractivity contribution < 1.29 is 33.6 Å². The number of hydrogen-bond acceptors (Lipinski definition) is 7. The third kappa shape index (κ3) is 3.09. The van der Waals surface area contributed by atoms with Crippen molar-refractivity contribution in [2.75, 3.05) is 7.11 Å². The van der Waals surface area contributed by atoms with Gasteiger partial charge in [-0.25, -0.2) is 4.79 Å². The molecule has 130 valence electrons. The summed E-state index contributed by atoms with van der Waals surface area (Å²) >= 11 is 0. The van der Waals surface area contributed by atoms with Gasteiger partial charge in [0.25, 0.3) is 0 Å². The summed E-state index contributed by atoms with van der Waals surface area (Å²) in [5.74, 6) is -1.88. The fourth-order valence-corrected chi connectivity index (χ4v) is 4.04. The second-order valence-corrected chi connectivity index (χ2v) is 6.79. The van der Waals surface area contributed by atoms with Crippen molar-refractivity contribution in [3.8, 4) is 0 Å². The first-order valence-electron chi connectivity index (χ1n) is 8.21.